The number of fused-ring (bicyclic) bond motifs is 1. The van der Waals surface area contributed by atoms with Crippen molar-refractivity contribution >= 4 is 44.7 Å². The normalized spacial score (nSPS) is 11.6. The number of rotatable bonds is 6. The van der Waals surface area contributed by atoms with E-state index in [0.717, 1.165) is 41.5 Å². The highest BCUT2D eigenvalue weighted by atomic mass is 127. The van der Waals surface area contributed by atoms with Crippen LogP contribution in [0, 0.1) is 26.2 Å². The Morgan fingerprint density at radius 3 is 2.46 bits per heavy atom. The molecule has 168 valence electrons. The van der Waals surface area contributed by atoms with Gasteiger partial charge in [0.1, 0.15) is 12.2 Å². The Morgan fingerprint density at radius 1 is 0.886 bits per heavy atom. The van der Waals surface area contributed by atoms with Gasteiger partial charge in [-0.3, -0.25) is 4.98 Å². The fourth-order valence-corrected chi connectivity index (χ4v) is 5.52. The van der Waals surface area contributed by atoms with Crippen LogP contribution in [0.2, 0.25) is 0 Å². The van der Waals surface area contributed by atoms with Crippen molar-refractivity contribution in [3.8, 4) is 23.3 Å². The number of halogens is 1. The van der Waals surface area contributed by atoms with Gasteiger partial charge in [-0.2, -0.15) is 10.5 Å². The number of benzene rings is 4. The zero-order chi connectivity index (χ0) is 24.2. The summed E-state index contributed by atoms with van der Waals surface area (Å²) in [4.78, 5) is 5.25. The smallest absolute Gasteiger partial charge is 0.119 e. The van der Waals surface area contributed by atoms with Crippen molar-refractivity contribution in [2.24, 2.45) is 0 Å². The summed E-state index contributed by atoms with van der Waals surface area (Å²) in [6, 6.07) is 30.5. The number of hydrogen-bond donors (Lipinski definition) is 0. The van der Waals surface area contributed by atoms with Gasteiger partial charge in [-0.25, -0.2) is 0 Å². The summed E-state index contributed by atoms with van der Waals surface area (Å²) in [5.74, 6) is 0. The van der Waals surface area contributed by atoms with Crippen LogP contribution in [0.4, 0.5) is 0 Å². The Morgan fingerprint density at radius 2 is 1.69 bits per heavy atom. The molecule has 0 aliphatic heterocycles. The average molecular weight is 583 g/mol. The van der Waals surface area contributed by atoms with Gasteiger partial charge in [-0.05, 0) is 74.3 Å². The van der Waals surface area contributed by atoms with E-state index in [4.69, 9.17) is 4.74 Å². The molecule has 0 saturated heterocycles. The largest absolute Gasteiger partial charge is 0.363 e. The minimum absolute atomic E-state index is 0.336. The first-order chi connectivity index (χ1) is 17.2. The molecule has 5 rings (SSSR count). The standard InChI is InChI=1S/C29H18IN3OS/c30-27-12-19(8-9-23(27)15-32)17-34-29(28-16-33-18-35-28)21-10-11-22(14-31)26(13-21)25-7-3-5-20-4-1-2-6-24(20)25/h1-13,16,18,29H,17H2. The van der Waals surface area contributed by atoms with Gasteiger partial charge in [0.05, 0.1) is 34.2 Å². The zero-order valence-corrected chi connectivity index (χ0v) is 21.5. The third kappa shape index (κ3) is 4.82. The van der Waals surface area contributed by atoms with Crippen molar-refractivity contribution in [1.82, 2.24) is 4.98 Å². The predicted octanol–water partition coefficient (Wildman–Crippen LogP) is 7.62. The van der Waals surface area contributed by atoms with E-state index in [1.165, 1.54) is 11.3 Å². The summed E-state index contributed by atoms with van der Waals surface area (Å²) in [5.41, 5.74) is 6.92. The fourth-order valence-electron chi connectivity index (χ4n) is 4.12. The lowest BCUT2D eigenvalue weighted by Gasteiger charge is -2.19. The Kier molecular flexibility index (Phi) is 6.87. The molecule has 0 amide bonds. The molecule has 1 aromatic heterocycles. The Hall–Kier alpha value is -3.56. The molecule has 5 aromatic rings. The fraction of sp³-hybridized carbons (Fsp3) is 0.0690. The molecule has 0 bridgehead atoms. The molecule has 0 spiro atoms. The lowest BCUT2D eigenvalue weighted by atomic mass is 9.92. The highest BCUT2D eigenvalue weighted by Crippen LogP contribution is 2.36. The Balaban J connectivity index is 1.56. The molecule has 6 heteroatoms. The predicted molar refractivity (Wildman–Crippen MR) is 147 cm³/mol. The zero-order valence-electron chi connectivity index (χ0n) is 18.5. The van der Waals surface area contributed by atoms with Crippen LogP contribution in [-0.2, 0) is 11.3 Å². The van der Waals surface area contributed by atoms with Crippen LogP contribution in [0.1, 0.15) is 33.2 Å². The van der Waals surface area contributed by atoms with Gasteiger partial charge in [0, 0.05) is 15.3 Å². The lowest BCUT2D eigenvalue weighted by Crippen LogP contribution is -2.06. The van der Waals surface area contributed by atoms with Gasteiger partial charge in [0.2, 0.25) is 0 Å². The average Bonchev–Trinajstić information content (AvgIpc) is 3.43. The number of nitriles is 2. The highest BCUT2D eigenvalue weighted by molar-refractivity contribution is 14.1. The molecular formula is C29H18IN3OS. The summed E-state index contributed by atoms with van der Waals surface area (Å²) in [6.07, 6.45) is 1.49. The maximum atomic E-state index is 9.87. The summed E-state index contributed by atoms with van der Waals surface area (Å²) in [6.45, 7) is 0.383. The number of ether oxygens (including phenoxy) is 1. The summed E-state index contributed by atoms with van der Waals surface area (Å²) in [5, 5.41) is 21.3. The van der Waals surface area contributed by atoms with E-state index in [-0.39, 0.29) is 6.10 Å². The summed E-state index contributed by atoms with van der Waals surface area (Å²) >= 11 is 3.71. The minimum Gasteiger partial charge on any atom is -0.363 e. The van der Waals surface area contributed by atoms with Gasteiger partial charge >= 0.3 is 0 Å². The molecule has 35 heavy (non-hydrogen) atoms. The monoisotopic (exact) mass is 583 g/mol. The quantitative estimate of drug-likeness (QED) is 0.193. The maximum absolute atomic E-state index is 9.87. The van der Waals surface area contributed by atoms with E-state index in [9.17, 15) is 10.5 Å². The number of thiazole rings is 1. The number of hydrogen-bond acceptors (Lipinski definition) is 5. The van der Waals surface area contributed by atoms with Gasteiger partial charge in [-0.15, -0.1) is 11.3 Å². The Labute approximate surface area is 221 Å². The first-order valence-electron chi connectivity index (χ1n) is 10.9. The molecule has 0 aliphatic rings. The van der Waals surface area contributed by atoms with E-state index < -0.39 is 0 Å². The Bertz CT molecular complexity index is 1590. The number of aromatic nitrogens is 1. The minimum atomic E-state index is -0.336. The van der Waals surface area contributed by atoms with E-state index in [1.807, 2.05) is 54.7 Å². The molecule has 0 aliphatic carbocycles. The third-order valence-electron chi connectivity index (χ3n) is 5.83. The second-order valence-corrected chi connectivity index (χ2v) is 10.0. The maximum Gasteiger partial charge on any atom is 0.119 e. The van der Waals surface area contributed by atoms with E-state index in [0.29, 0.717) is 17.7 Å². The lowest BCUT2D eigenvalue weighted by molar-refractivity contribution is 0.0689. The number of nitrogens with zero attached hydrogens (tertiary/aromatic N) is 3. The van der Waals surface area contributed by atoms with Gasteiger partial charge in [-0.1, -0.05) is 54.6 Å². The summed E-state index contributed by atoms with van der Waals surface area (Å²) in [7, 11) is 0. The van der Waals surface area contributed by atoms with Gasteiger partial charge in [0.15, 0.2) is 0 Å². The van der Waals surface area contributed by atoms with Crippen LogP contribution in [0.3, 0.4) is 0 Å². The second kappa shape index (κ2) is 10.4. The molecule has 1 atom stereocenters. The summed E-state index contributed by atoms with van der Waals surface area (Å²) < 4.78 is 7.34. The molecule has 0 N–H and O–H groups in total. The molecule has 4 nitrogen and oxygen atoms in total. The molecule has 0 radical (unpaired) electrons. The van der Waals surface area contributed by atoms with Crippen LogP contribution in [-0.4, -0.2) is 4.98 Å². The topological polar surface area (TPSA) is 69.7 Å². The third-order valence-corrected chi connectivity index (χ3v) is 7.54. The second-order valence-electron chi connectivity index (χ2n) is 7.96. The van der Waals surface area contributed by atoms with Crippen molar-refractivity contribution in [3.63, 3.8) is 0 Å². The first-order valence-corrected chi connectivity index (χ1v) is 12.8. The molecule has 1 heterocycles. The van der Waals surface area contributed by atoms with Gasteiger partial charge < -0.3 is 4.74 Å². The van der Waals surface area contributed by atoms with Crippen LogP contribution >= 0.6 is 33.9 Å². The van der Waals surface area contributed by atoms with Crippen LogP contribution in [0.25, 0.3) is 21.9 Å². The van der Waals surface area contributed by atoms with Gasteiger partial charge in [0.25, 0.3) is 0 Å². The van der Waals surface area contributed by atoms with Crippen molar-refractivity contribution < 1.29 is 4.74 Å². The first kappa shape index (κ1) is 23.2. The van der Waals surface area contributed by atoms with Crippen molar-refractivity contribution in [2.75, 3.05) is 0 Å². The SMILES string of the molecule is N#Cc1ccc(COC(c2ccc(C#N)c(-c3cccc4ccccc34)c2)c2cncs2)cc1I. The van der Waals surface area contributed by atoms with Crippen LogP contribution in [0.5, 0.6) is 0 Å². The van der Waals surface area contributed by atoms with E-state index in [2.05, 4.69) is 70.0 Å². The molecule has 4 aromatic carbocycles. The van der Waals surface area contributed by atoms with E-state index >= 15 is 0 Å². The van der Waals surface area contributed by atoms with Crippen molar-refractivity contribution in [1.29, 1.82) is 10.5 Å². The van der Waals surface area contributed by atoms with Crippen molar-refractivity contribution in [2.45, 2.75) is 12.7 Å². The van der Waals surface area contributed by atoms with Crippen molar-refractivity contribution in [3.05, 3.63) is 121 Å². The molecule has 0 saturated carbocycles. The van der Waals surface area contributed by atoms with Crippen LogP contribution in [0.15, 0.2) is 90.6 Å². The molecule has 1 unspecified atom stereocenters. The highest BCUT2D eigenvalue weighted by Gasteiger charge is 2.20. The molecular weight excluding hydrogens is 565 g/mol. The van der Waals surface area contributed by atoms with Crippen LogP contribution < -0.4 is 0 Å². The van der Waals surface area contributed by atoms with E-state index in [1.54, 1.807) is 5.51 Å². The molecule has 0 fully saturated rings.